The number of carbonyl (C=O) groups excluding carboxylic acids is 1. The number of nitrogens with zero attached hydrogens (tertiary/aromatic N) is 1. The molecule has 5 heteroatoms. The van der Waals surface area contributed by atoms with Crippen LogP contribution in [0.4, 0.5) is 11.4 Å². The van der Waals surface area contributed by atoms with Crippen LogP contribution in [-0.4, -0.2) is 36.7 Å². The molecule has 1 aromatic carbocycles. The molecule has 4 nitrogen and oxygen atoms in total. The maximum Gasteiger partial charge on any atom is 0.340 e. The highest BCUT2D eigenvalue weighted by atomic mass is 32.2. The Balaban J connectivity index is 2.20. The van der Waals surface area contributed by atoms with Gasteiger partial charge in [0.2, 0.25) is 0 Å². The summed E-state index contributed by atoms with van der Waals surface area (Å²) in [5, 5.41) is 0.660. The number of esters is 1. The summed E-state index contributed by atoms with van der Waals surface area (Å²) in [6.07, 6.45) is 1.17. The second kappa shape index (κ2) is 6.88. The average molecular weight is 294 g/mol. The minimum atomic E-state index is -0.342. The summed E-state index contributed by atoms with van der Waals surface area (Å²) in [6, 6.07) is 5.64. The summed E-state index contributed by atoms with van der Waals surface area (Å²) in [5.41, 5.74) is 7.88. The van der Waals surface area contributed by atoms with Crippen molar-refractivity contribution in [1.82, 2.24) is 0 Å². The number of nitrogen functional groups attached to an aromatic ring is 1. The van der Waals surface area contributed by atoms with Gasteiger partial charge in [0.15, 0.2) is 0 Å². The van der Waals surface area contributed by atoms with Gasteiger partial charge in [-0.1, -0.05) is 6.92 Å². The lowest BCUT2D eigenvalue weighted by Crippen LogP contribution is -2.37. The number of benzene rings is 1. The number of ether oxygens (including phenoxy) is 1. The van der Waals surface area contributed by atoms with Crippen LogP contribution in [0.5, 0.6) is 0 Å². The van der Waals surface area contributed by atoms with E-state index in [-0.39, 0.29) is 5.97 Å². The van der Waals surface area contributed by atoms with Crippen molar-refractivity contribution >= 4 is 29.1 Å². The highest BCUT2D eigenvalue weighted by Crippen LogP contribution is 2.28. The quantitative estimate of drug-likeness (QED) is 0.683. The minimum Gasteiger partial charge on any atom is -0.462 e. The van der Waals surface area contributed by atoms with E-state index in [4.69, 9.17) is 10.5 Å². The van der Waals surface area contributed by atoms with Crippen molar-refractivity contribution in [3.05, 3.63) is 23.8 Å². The standard InChI is InChI=1S/C15H22N2O2S/c1-3-12-10-17(7-8-20-12)11-5-6-14(16)13(9-11)15(18)19-4-2/h5-6,9,12H,3-4,7-8,10,16H2,1-2H3. The summed E-state index contributed by atoms with van der Waals surface area (Å²) in [4.78, 5) is 14.2. The van der Waals surface area contributed by atoms with E-state index in [2.05, 4.69) is 11.8 Å². The maximum absolute atomic E-state index is 11.9. The predicted molar refractivity (Wildman–Crippen MR) is 85.6 cm³/mol. The van der Waals surface area contributed by atoms with Gasteiger partial charge in [0.05, 0.1) is 12.2 Å². The average Bonchev–Trinajstić information content (AvgIpc) is 2.48. The monoisotopic (exact) mass is 294 g/mol. The van der Waals surface area contributed by atoms with Crippen LogP contribution in [-0.2, 0) is 4.74 Å². The summed E-state index contributed by atoms with van der Waals surface area (Å²) in [5.74, 6) is 0.780. The van der Waals surface area contributed by atoms with Gasteiger partial charge in [-0.05, 0) is 31.5 Å². The van der Waals surface area contributed by atoms with Crippen molar-refractivity contribution in [3.63, 3.8) is 0 Å². The fraction of sp³-hybridized carbons (Fsp3) is 0.533. The highest BCUT2D eigenvalue weighted by molar-refractivity contribution is 8.00. The first-order chi connectivity index (χ1) is 9.65. The summed E-state index contributed by atoms with van der Waals surface area (Å²) < 4.78 is 5.05. The Hall–Kier alpha value is -1.36. The van der Waals surface area contributed by atoms with E-state index >= 15 is 0 Å². The van der Waals surface area contributed by atoms with Crippen LogP contribution in [0.1, 0.15) is 30.6 Å². The van der Waals surface area contributed by atoms with Crippen LogP contribution < -0.4 is 10.6 Å². The second-order valence-corrected chi connectivity index (χ2v) is 6.25. The SMILES string of the molecule is CCOC(=O)c1cc(N2CCSC(CC)C2)ccc1N. The summed E-state index contributed by atoms with van der Waals surface area (Å²) in [6.45, 7) is 6.40. The van der Waals surface area contributed by atoms with Gasteiger partial charge in [-0.15, -0.1) is 0 Å². The van der Waals surface area contributed by atoms with Crippen LogP contribution in [0.25, 0.3) is 0 Å². The largest absolute Gasteiger partial charge is 0.462 e. The zero-order valence-electron chi connectivity index (χ0n) is 12.1. The molecule has 0 saturated carbocycles. The van der Waals surface area contributed by atoms with E-state index in [1.54, 1.807) is 13.0 Å². The molecule has 2 rings (SSSR count). The smallest absolute Gasteiger partial charge is 0.340 e. The van der Waals surface area contributed by atoms with Crippen molar-refractivity contribution in [2.45, 2.75) is 25.5 Å². The molecule has 0 radical (unpaired) electrons. The molecule has 1 aliphatic heterocycles. The first-order valence-electron chi connectivity index (χ1n) is 7.08. The van der Waals surface area contributed by atoms with Crippen LogP contribution in [0.2, 0.25) is 0 Å². The fourth-order valence-corrected chi connectivity index (χ4v) is 3.51. The maximum atomic E-state index is 11.9. The molecule has 0 spiro atoms. The van der Waals surface area contributed by atoms with Crippen LogP contribution in [0, 0.1) is 0 Å². The Labute approximate surface area is 124 Å². The normalized spacial score (nSPS) is 18.9. The topological polar surface area (TPSA) is 55.6 Å². The number of rotatable bonds is 4. The second-order valence-electron chi connectivity index (χ2n) is 4.84. The summed E-state index contributed by atoms with van der Waals surface area (Å²) >= 11 is 2.03. The number of carbonyl (C=O) groups is 1. The molecule has 0 bridgehead atoms. The first kappa shape index (κ1) is 15.0. The van der Waals surface area contributed by atoms with E-state index in [1.165, 1.54) is 6.42 Å². The molecule has 1 heterocycles. The van der Waals surface area contributed by atoms with E-state index in [0.29, 0.717) is 23.1 Å². The lowest BCUT2D eigenvalue weighted by molar-refractivity contribution is 0.0527. The third-order valence-electron chi connectivity index (χ3n) is 3.49. The Kier molecular flexibility index (Phi) is 5.17. The third-order valence-corrected chi connectivity index (χ3v) is 4.86. The molecule has 1 unspecified atom stereocenters. The highest BCUT2D eigenvalue weighted by Gasteiger charge is 2.21. The molecule has 20 heavy (non-hydrogen) atoms. The minimum absolute atomic E-state index is 0.342. The van der Waals surface area contributed by atoms with E-state index in [0.717, 1.165) is 24.5 Å². The molecule has 1 saturated heterocycles. The van der Waals surface area contributed by atoms with Gasteiger partial charge in [-0.2, -0.15) is 11.8 Å². The number of anilines is 2. The third kappa shape index (κ3) is 3.39. The number of hydrogen-bond acceptors (Lipinski definition) is 5. The molecule has 1 fully saturated rings. The number of thioether (sulfide) groups is 1. The molecule has 110 valence electrons. The van der Waals surface area contributed by atoms with Crippen LogP contribution >= 0.6 is 11.8 Å². The van der Waals surface area contributed by atoms with Gasteiger partial charge in [0, 0.05) is 35.5 Å². The van der Waals surface area contributed by atoms with Crippen LogP contribution in [0.3, 0.4) is 0 Å². The Morgan fingerprint density at radius 3 is 3.00 bits per heavy atom. The molecular weight excluding hydrogens is 272 g/mol. The Bertz CT molecular complexity index is 479. The van der Waals surface area contributed by atoms with Crippen molar-refractivity contribution in [2.24, 2.45) is 0 Å². The Morgan fingerprint density at radius 1 is 1.50 bits per heavy atom. The van der Waals surface area contributed by atoms with Gasteiger partial charge in [-0.25, -0.2) is 4.79 Å². The molecule has 0 amide bonds. The van der Waals surface area contributed by atoms with Gasteiger partial charge < -0.3 is 15.4 Å². The van der Waals surface area contributed by atoms with Gasteiger partial charge in [0.25, 0.3) is 0 Å². The molecule has 0 aliphatic carbocycles. The number of nitrogens with two attached hydrogens (primary N) is 1. The van der Waals surface area contributed by atoms with E-state index < -0.39 is 0 Å². The zero-order valence-corrected chi connectivity index (χ0v) is 12.9. The predicted octanol–water partition coefficient (Wildman–Crippen LogP) is 2.78. The van der Waals surface area contributed by atoms with Gasteiger partial charge >= 0.3 is 5.97 Å². The lowest BCUT2D eigenvalue weighted by atomic mass is 10.1. The molecule has 1 atom stereocenters. The molecule has 2 N–H and O–H groups in total. The number of hydrogen-bond donors (Lipinski definition) is 1. The van der Waals surface area contributed by atoms with Gasteiger partial charge in [-0.3, -0.25) is 0 Å². The van der Waals surface area contributed by atoms with Crippen molar-refractivity contribution in [2.75, 3.05) is 36.1 Å². The van der Waals surface area contributed by atoms with Crippen molar-refractivity contribution in [1.29, 1.82) is 0 Å². The lowest BCUT2D eigenvalue weighted by Gasteiger charge is -2.34. The summed E-state index contributed by atoms with van der Waals surface area (Å²) in [7, 11) is 0. The van der Waals surface area contributed by atoms with E-state index in [9.17, 15) is 4.79 Å². The first-order valence-corrected chi connectivity index (χ1v) is 8.13. The molecule has 1 aliphatic rings. The van der Waals surface area contributed by atoms with Crippen molar-refractivity contribution in [3.8, 4) is 0 Å². The molecular formula is C15H22N2O2S. The molecule has 1 aromatic rings. The van der Waals surface area contributed by atoms with Crippen LogP contribution in [0.15, 0.2) is 18.2 Å². The fourth-order valence-electron chi connectivity index (χ4n) is 2.33. The van der Waals surface area contributed by atoms with Gasteiger partial charge in [0.1, 0.15) is 0 Å². The Morgan fingerprint density at radius 2 is 2.30 bits per heavy atom. The molecule has 0 aromatic heterocycles. The van der Waals surface area contributed by atoms with E-state index in [1.807, 2.05) is 23.9 Å². The van der Waals surface area contributed by atoms with Crippen molar-refractivity contribution < 1.29 is 9.53 Å². The zero-order chi connectivity index (χ0) is 14.5.